The highest BCUT2D eigenvalue weighted by atomic mass is 16.7. The summed E-state index contributed by atoms with van der Waals surface area (Å²) in [4.78, 5) is 13.7. The first kappa shape index (κ1) is 20.2. The minimum absolute atomic E-state index is 0.150. The van der Waals surface area contributed by atoms with Crippen LogP contribution in [0.2, 0.25) is 0 Å². The molecule has 3 aromatic carbocycles. The first-order chi connectivity index (χ1) is 15.6. The van der Waals surface area contributed by atoms with Gasteiger partial charge < -0.3 is 23.7 Å². The lowest BCUT2D eigenvalue weighted by atomic mass is 9.62. The van der Waals surface area contributed by atoms with Crippen molar-refractivity contribution in [2.75, 3.05) is 21.0 Å². The van der Waals surface area contributed by atoms with Crippen LogP contribution in [0.15, 0.2) is 60.7 Å². The molecule has 0 aromatic heterocycles. The summed E-state index contributed by atoms with van der Waals surface area (Å²) in [5.41, 5.74) is 1.81. The van der Waals surface area contributed by atoms with Gasteiger partial charge in [0.2, 0.25) is 6.79 Å². The molecular formula is C26H24O6. The molecular weight excluding hydrogens is 408 g/mol. The van der Waals surface area contributed by atoms with Gasteiger partial charge >= 0.3 is 5.97 Å². The van der Waals surface area contributed by atoms with Gasteiger partial charge in [-0.1, -0.05) is 31.2 Å². The molecule has 0 radical (unpaired) electrons. The Morgan fingerprint density at radius 3 is 2.06 bits per heavy atom. The molecule has 2 aliphatic rings. The van der Waals surface area contributed by atoms with E-state index in [1.54, 1.807) is 20.3 Å². The Morgan fingerprint density at radius 2 is 1.47 bits per heavy atom. The maximum absolute atomic E-state index is 13.7. The highest BCUT2D eigenvalue weighted by molar-refractivity contribution is 5.90. The third-order valence-corrected chi connectivity index (χ3v) is 6.49. The van der Waals surface area contributed by atoms with Gasteiger partial charge in [-0.05, 0) is 47.9 Å². The molecule has 32 heavy (non-hydrogen) atoms. The zero-order valence-corrected chi connectivity index (χ0v) is 18.2. The number of carbonyl (C=O) groups is 1. The second kappa shape index (κ2) is 7.79. The van der Waals surface area contributed by atoms with Crippen LogP contribution in [0.25, 0.3) is 0 Å². The SMILES string of the molecule is CC[C@@]1(c2ccc(OC)cc2)C(=O)Oc2cc3c(cc2[C@@H]1c1ccc(OC)cc1)OCO3. The van der Waals surface area contributed by atoms with E-state index in [2.05, 4.69) is 0 Å². The smallest absolute Gasteiger partial charge is 0.322 e. The molecule has 0 saturated heterocycles. The summed E-state index contributed by atoms with van der Waals surface area (Å²) in [7, 11) is 3.26. The van der Waals surface area contributed by atoms with Crippen molar-refractivity contribution >= 4 is 5.97 Å². The third-order valence-electron chi connectivity index (χ3n) is 6.49. The van der Waals surface area contributed by atoms with E-state index in [9.17, 15) is 4.79 Å². The van der Waals surface area contributed by atoms with Crippen LogP contribution in [0.4, 0.5) is 0 Å². The number of hydrogen-bond donors (Lipinski definition) is 0. The summed E-state index contributed by atoms with van der Waals surface area (Å²) in [6.07, 6.45) is 0.544. The van der Waals surface area contributed by atoms with Crippen LogP contribution in [-0.2, 0) is 10.2 Å². The van der Waals surface area contributed by atoms with Crippen LogP contribution in [-0.4, -0.2) is 27.0 Å². The van der Waals surface area contributed by atoms with Gasteiger partial charge in [-0.3, -0.25) is 4.79 Å². The van der Waals surface area contributed by atoms with E-state index in [-0.39, 0.29) is 18.7 Å². The van der Waals surface area contributed by atoms with Gasteiger partial charge in [0.05, 0.1) is 14.2 Å². The summed E-state index contributed by atoms with van der Waals surface area (Å²) in [6.45, 7) is 2.16. The first-order valence-electron chi connectivity index (χ1n) is 10.5. The number of methoxy groups -OCH3 is 2. The van der Waals surface area contributed by atoms with Crippen LogP contribution >= 0.6 is 0 Å². The highest BCUT2D eigenvalue weighted by Gasteiger charge is 2.53. The minimum atomic E-state index is -0.929. The highest BCUT2D eigenvalue weighted by Crippen LogP contribution is 2.55. The molecule has 0 fully saturated rings. The Morgan fingerprint density at radius 1 is 0.875 bits per heavy atom. The molecule has 0 unspecified atom stereocenters. The van der Waals surface area contributed by atoms with Gasteiger partial charge in [0.1, 0.15) is 22.7 Å². The van der Waals surface area contributed by atoms with Crippen LogP contribution in [0.1, 0.15) is 36.0 Å². The Balaban J connectivity index is 1.75. The molecule has 2 heterocycles. The zero-order valence-electron chi connectivity index (χ0n) is 18.2. The molecule has 2 aliphatic heterocycles. The number of fused-ring (bicyclic) bond motifs is 2. The quantitative estimate of drug-likeness (QED) is 0.425. The minimum Gasteiger partial charge on any atom is -0.497 e. The lowest BCUT2D eigenvalue weighted by molar-refractivity contribution is -0.143. The van der Waals surface area contributed by atoms with Crippen LogP contribution in [0.3, 0.4) is 0 Å². The Hall–Kier alpha value is -3.67. The molecule has 5 rings (SSSR count). The van der Waals surface area contributed by atoms with E-state index in [0.717, 1.165) is 28.2 Å². The van der Waals surface area contributed by atoms with Gasteiger partial charge in [-0.2, -0.15) is 0 Å². The summed E-state index contributed by atoms with van der Waals surface area (Å²) < 4.78 is 27.8. The fourth-order valence-electron chi connectivity index (χ4n) is 4.81. The van der Waals surface area contributed by atoms with E-state index >= 15 is 0 Å². The molecule has 0 spiro atoms. The molecule has 2 atom stereocenters. The van der Waals surface area contributed by atoms with Crippen molar-refractivity contribution in [3.63, 3.8) is 0 Å². The molecule has 164 valence electrons. The lowest BCUT2D eigenvalue weighted by Crippen LogP contribution is -2.47. The Labute approximate surface area is 186 Å². The summed E-state index contributed by atoms with van der Waals surface area (Å²) in [5.74, 6) is 2.63. The van der Waals surface area contributed by atoms with E-state index in [1.165, 1.54) is 0 Å². The van der Waals surface area contributed by atoms with E-state index in [1.807, 2.05) is 61.5 Å². The van der Waals surface area contributed by atoms with Gasteiger partial charge in [0.25, 0.3) is 0 Å². The third kappa shape index (κ3) is 2.98. The molecule has 0 N–H and O–H groups in total. The Kier molecular flexibility index (Phi) is 4.93. The Bertz CT molecular complexity index is 1150. The molecule has 6 nitrogen and oxygen atoms in total. The van der Waals surface area contributed by atoms with Gasteiger partial charge in [0.15, 0.2) is 11.5 Å². The number of esters is 1. The monoisotopic (exact) mass is 432 g/mol. The number of ether oxygens (including phenoxy) is 5. The maximum Gasteiger partial charge on any atom is 0.322 e. The standard InChI is InChI=1S/C26H24O6/c1-4-26(17-7-11-19(29-3)12-8-17)24(16-5-9-18(28-2)10-6-16)20-13-22-23(31-15-30-22)14-21(20)32-25(26)27/h5-14,24H,4,15H2,1-3H3/t24-,26-/m0/s1. The van der Waals surface area contributed by atoms with Crippen molar-refractivity contribution < 1.29 is 28.5 Å². The molecule has 0 aliphatic carbocycles. The molecule has 0 bridgehead atoms. The average molecular weight is 432 g/mol. The second-order valence-electron chi connectivity index (χ2n) is 7.89. The summed E-state index contributed by atoms with van der Waals surface area (Å²) in [6, 6.07) is 19.2. The number of hydrogen-bond acceptors (Lipinski definition) is 6. The maximum atomic E-state index is 13.7. The fraction of sp³-hybridized carbons (Fsp3) is 0.269. The topological polar surface area (TPSA) is 63.2 Å². The number of rotatable bonds is 5. The van der Waals surface area contributed by atoms with Gasteiger partial charge in [0, 0.05) is 17.5 Å². The summed E-state index contributed by atoms with van der Waals surface area (Å²) in [5, 5.41) is 0. The fourth-order valence-corrected chi connectivity index (χ4v) is 4.81. The first-order valence-corrected chi connectivity index (χ1v) is 10.5. The van der Waals surface area contributed by atoms with Crippen molar-refractivity contribution in [2.45, 2.75) is 24.7 Å². The van der Waals surface area contributed by atoms with Crippen molar-refractivity contribution in [3.05, 3.63) is 77.4 Å². The van der Waals surface area contributed by atoms with E-state index in [4.69, 9.17) is 23.7 Å². The molecule has 0 saturated carbocycles. The van der Waals surface area contributed by atoms with Crippen molar-refractivity contribution in [1.29, 1.82) is 0 Å². The van der Waals surface area contributed by atoms with Crippen LogP contribution in [0.5, 0.6) is 28.7 Å². The lowest BCUT2D eigenvalue weighted by Gasteiger charge is -2.43. The number of carbonyl (C=O) groups excluding carboxylic acids is 1. The summed E-state index contributed by atoms with van der Waals surface area (Å²) >= 11 is 0. The normalized spacial score (nSPS) is 21.0. The zero-order chi connectivity index (χ0) is 22.3. The molecule has 0 amide bonds. The average Bonchev–Trinajstić information content (AvgIpc) is 3.29. The van der Waals surface area contributed by atoms with Crippen LogP contribution in [0, 0.1) is 0 Å². The molecule has 3 aromatic rings. The van der Waals surface area contributed by atoms with Gasteiger partial charge in [-0.25, -0.2) is 0 Å². The van der Waals surface area contributed by atoms with E-state index in [0.29, 0.717) is 23.7 Å². The van der Waals surface area contributed by atoms with Crippen LogP contribution < -0.4 is 23.7 Å². The number of benzene rings is 3. The predicted octanol–water partition coefficient (Wildman–Crippen LogP) is 4.83. The van der Waals surface area contributed by atoms with E-state index < -0.39 is 5.41 Å². The van der Waals surface area contributed by atoms with Crippen molar-refractivity contribution in [2.24, 2.45) is 0 Å². The second-order valence-corrected chi connectivity index (χ2v) is 7.89. The molecule has 6 heteroatoms. The largest absolute Gasteiger partial charge is 0.497 e. The van der Waals surface area contributed by atoms with Gasteiger partial charge in [-0.15, -0.1) is 0 Å². The predicted molar refractivity (Wildman–Crippen MR) is 118 cm³/mol. The van der Waals surface area contributed by atoms with Crippen molar-refractivity contribution in [3.8, 4) is 28.7 Å². The van der Waals surface area contributed by atoms with Crippen molar-refractivity contribution in [1.82, 2.24) is 0 Å².